The average Bonchev–Trinajstić information content (AvgIpc) is 2.87. The fourth-order valence-electron chi connectivity index (χ4n) is 3.05. The molecule has 0 bridgehead atoms. The highest BCUT2D eigenvalue weighted by Crippen LogP contribution is 2.42. The zero-order chi connectivity index (χ0) is 16.3. The molecular formula is C18H26O4. The maximum Gasteiger partial charge on any atom is 0.307 e. The van der Waals surface area contributed by atoms with Gasteiger partial charge in [-0.05, 0) is 43.9 Å². The van der Waals surface area contributed by atoms with Gasteiger partial charge in [0.2, 0.25) is 0 Å². The van der Waals surface area contributed by atoms with Crippen LogP contribution in [0.25, 0.3) is 0 Å². The number of hydrogen-bond donors (Lipinski definition) is 1. The van der Waals surface area contributed by atoms with Gasteiger partial charge in [-0.1, -0.05) is 19.8 Å². The summed E-state index contributed by atoms with van der Waals surface area (Å²) in [5, 5.41) is 8.96. The second-order valence-corrected chi connectivity index (χ2v) is 6.11. The highest BCUT2D eigenvalue weighted by atomic mass is 16.5. The highest BCUT2D eigenvalue weighted by molar-refractivity contribution is 5.68. The van der Waals surface area contributed by atoms with Crippen LogP contribution in [0.1, 0.15) is 54.9 Å². The first-order chi connectivity index (χ1) is 10.5. The van der Waals surface area contributed by atoms with E-state index in [2.05, 4.69) is 6.92 Å². The number of carboxylic acid groups (broad SMARTS) is 1. The van der Waals surface area contributed by atoms with Crippen molar-refractivity contribution in [2.45, 2.75) is 65.9 Å². The van der Waals surface area contributed by atoms with Gasteiger partial charge in [0.05, 0.1) is 13.0 Å². The second kappa shape index (κ2) is 7.03. The van der Waals surface area contributed by atoms with Crippen LogP contribution in [-0.4, -0.2) is 23.8 Å². The molecule has 1 aromatic carbocycles. The number of carbonyl (C=O) groups is 1. The fraction of sp³-hybridized carbons (Fsp3) is 0.611. The van der Waals surface area contributed by atoms with E-state index >= 15 is 0 Å². The van der Waals surface area contributed by atoms with Crippen LogP contribution in [0.15, 0.2) is 0 Å². The molecule has 1 unspecified atom stereocenters. The Labute approximate surface area is 132 Å². The molecule has 0 aliphatic carbocycles. The Morgan fingerprint density at radius 1 is 1.23 bits per heavy atom. The molecule has 4 heteroatoms. The van der Waals surface area contributed by atoms with Crippen molar-refractivity contribution in [1.82, 2.24) is 0 Å². The smallest absolute Gasteiger partial charge is 0.307 e. The summed E-state index contributed by atoms with van der Waals surface area (Å²) in [5.41, 5.74) is 4.38. The number of ether oxygens (including phenoxy) is 2. The van der Waals surface area contributed by atoms with Gasteiger partial charge < -0.3 is 14.6 Å². The van der Waals surface area contributed by atoms with Crippen LogP contribution in [0.4, 0.5) is 0 Å². The van der Waals surface area contributed by atoms with Gasteiger partial charge in [-0.3, -0.25) is 4.79 Å². The van der Waals surface area contributed by atoms with Crippen LogP contribution < -0.4 is 9.47 Å². The zero-order valence-electron chi connectivity index (χ0n) is 14.0. The first-order valence-electron chi connectivity index (χ1n) is 8.09. The van der Waals surface area contributed by atoms with Crippen LogP contribution in [0.3, 0.4) is 0 Å². The lowest BCUT2D eigenvalue weighted by atomic mass is 9.95. The Morgan fingerprint density at radius 3 is 2.59 bits per heavy atom. The maximum atomic E-state index is 10.9. The minimum atomic E-state index is -0.819. The number of benzene rings is 1. The molecule has 4 nitrogen and oxygen atoms in total. The molecule has 0 spiro atoms. The lowest BCUT2D eigenvalue weighted by Crippen LogP contribution is -2.17. The minimum absolute atomic E-state index is 0.0410. The van der Waals surface area contributed by atoms with Gasteiger partial charge in [0.25, 0.3) is 0 Å². The van der Waals surface area contributed by atoms with Gasteiger partial charge in [-0.25, -0.2) is 0 Å². The summed E-state index contributed by atoms with van der Waals surface area (Å²) < 4.78 is 11.9. The Hall–Kier alpha value is -1.71. The van der Waals surface area contributed by atoms with Crippen molar-refractivity contribution in [3.63, 3.8) is 0 Å². The molecule has 1 aliphatic heterocycles. The highest BCUT2D eigenvalue weighted by Gasteiger charge is 2.30. The first-order valence-corrected chi connectivity index (χ1v) is 8.09. The standard InChI is InChI=1S/C18H26O4/c1-5-6-7-8-21-17-11(2)12(3)18-15(13(17)4)9-14(22-18)10-16(19)20/h14H,5-10H2,1-4H3,(H,19,20). The van der Waals surface area contributed by atoms with Gasteiger partial charge in [-0.15, -0.1) is 0 Å². The fourth-order valence-corrected chi connectivity index (χ4v) is 3.05. The summed E-state index contributed by atoms with van der Waals surface area (Å²) in [4.78, 5) is 10.9. The van der Waals surface area contributed by atoms with Crippen molar-refractivity contribution in [3.8, 4) is 11.5 Å². The summed E-state index contributed by atoms with van der Waals surface area (Å²) in [5.74, 6) is 0.995. The summed E-state index contributed by atoms with van der Waals surface area (Å²) in [7, 11) is 0. The van der Waals surface area contributed by atoms with Gasteiger partial charge in [0.15, 0.2) is 0 Å². The van der Waals surface area contributed by atoms with Crippen LogP contribution in [0.5, 0.6) is 11.5 Å². The number of rotatable bonds is 7. The molecule has 1 N–H and O–H groups in total. The third kappa shape index (κ3) is 3.37. The molecule has 0 saturated heterocycles. The van der Waals surface area contributed by atoms with E-state index in [1.165, 1.54) is 12.8 Å². The molecule has 1 atom stereocenters. The monoisotopic (exact) mass is 306 g/mol. The topological polar surface area (TPSA) is 55.8 Å². The molecule has 1 heterocycles. The summed E-state index contributed by atoms with van der Waals surface area (Å²) >= 11 is 0. The van der Waals surface area contributed by atoms with E-state index in [0.29, 0.717) is 6.42 Å². The first kappa shape index (κ1) is 16.7. The van der Waals surface area contributed by atoms with E-state index in [0.717, 1.165) is 46.8 Å². The lowest BCUT2D eigenvalue weighted by Gasteiger charge is -2.18. The molecule has 1 aromatic rings. The summed E-state index contributed by atoms with van der Waals surface area (Å²) in [6, 6.07) is 0. The van der Waals surface area contributed by atoms with Crippen LogP contribution in [0.2, 0.25) is 0 Å². The molecule has 0 saturated carbocycles. The number of carboxylic acids is 1. The van der Waals surface area contributed by atoms with Crippen molar-refractivity contribution < 1.29 is 19.4 Å². The Balaban J connectivity index is 2.22. The summed E-state index contributed by atoms with van der Waals surface area (Å²) in [6.07, 6.45) is 3.84. The number of aliphatic carboxylic acids is 1. The molecule has 0 fully saturated rings. The van der Waals surface area contributed by atoms with Crippen molar-refractivity contribution in [1.29, 1.82) is 0 Å². The normalized spacial score (nSPS) is 16.3. The molecule has 1 aliphatic rings. The second-order valence-electron chi connectivity index (χ2n) is 6.11. The van der Waals surface area contributed by atoms with Crippen LogP contribution in [-0.2, 0) is 11.2 Å². The van der Waals surface area contributed by atoms with Crippen molar-refractivity contribution in [2.75, 3.05) is 6.61 Å². The molecule has 122 valence electrons. The Bertz CT molecular complexity index is 563. The van der Waals surface area contributed by atoms with Gasteiger partial charge >= 0.3 is 5.97 Å². The Morgan fingerprint density at radius 2 is 1.95 bits per heavy atom. The zero-order valence-corrected chi connectivity index (χ0v) is 14.0. The molecule has 0 amide bonds. The lowest BCUT2D eigenvalue weighted by molar-refractivity contribution is -0.138. The molecule has 0 radical (unpaired) electrons. The quantitative estimate of drug-likeness (QED) is 0.775. The predicted molar refractivity (Wildman–Crippen MR) is 86.0 cm³/mol. The molecule has 22 heavy (non-hydrogen) atoms. The van der Waals surface area contributed by atoms with Crippen molar-refractivity contribution in [2.24, 2.45) is 0 Å². The number of fused-ring (bicyclic) bond motifs is 1. The van der Waals surface area contributed by atoms with Gasteiger partial charge in [-0.2, -0.15) is 0 Å². The van der Waals surface area contributed by atoms with Crippen molar-refractivity contribution >= 4 is 5.97 Å². The van der Waals surface area contributed by atoms with Crippen LogP contribution in [0, 0.1) is 20.8 Å². The van der Waals surface area contributed by atoms with E-state index in [1.54, 1.807) is 0 Å². The van der Waals surface area contributed by atoms with E-state index in [1.807, 2.05) is 20.8 Å². The maximum absolute atomic E-state index is 10.9. The SMILES string of the molecule is CCCCCOc1c(C)c(C)c2c(c1C)CC(CC(=O)O)O2. The Kier molecular flexibility index (Phi) is 5.33. The van der Waals surface area contributed by atoms with Crippen LogP contribution >= 0.6 is 0 Å². The van der Waals surface area contributed by atoms with Gasteiger partial charge in [0.1, 0.15) is 17.6 Å². The molecular weight excluding hydrogens is 280 g/mol. The minimum Gasteiger partial charge on any atom is -0.493 e. The third-order valence-electron chi connectivity index (χ3n) is 4.42. The van der Waals surface area contributed by atoms with Crippen molar-refractivity contribution in [3.05, 3.63) is 22.3 Å². The predicted octanol–water partition coefficient (Wildman–Crippen LogP) is 3.96. The van der Waals surface area contributed by atoms with E-state index < -0.39 is 5.97 Å². The van der Waals surface area contributed by atoms with Gasteiger partial charge in [0, 0.05) is 12.0 Å². The number of hydrogen-bond acceptors (Lipinski definition) is 3. The third-order valence-corrected chi connectivity index (χ3v) is 4.42. The molecule has 2 rings (SSSR count). The molecule has 0 aromatic heterocycles. The number of unbranched alkanes of at least 4 members (excludes halogenated alkanes) is 2. The van der Waals surface area contributed by atoms with E-state index in [4.69, 9.17) is 14.6 Å². The van der Waals surface area contributed by atoms with E-state index in [-0.39, 0.29) is 12.5 Å². The summed E-state index contributed by atoms with van der Waals surface area (Å²) in [6.45, 7) is 9.03. The van der Waals surface area contributed by atoms with E-state index in [9.17, 15) is 4.79 Å². The largest absolute Gasteiger partial charge is 0.493 e. The average molecular weight is 306 g/mol.